The number of rotatable bonds is 3. The van der Waals surface area contributed by atoms with Crippen molar-refractivity contribution in [3.63, 3.8) is 0 Å². The van der Waals surface area contributed by atoms with E-state index < -0.39 is 0 Å². The summed E-state index contributed by atoms with van der Waals surface area (Å²) in [6.07, 6.45) is 4.04. The van der Waals surface area contributed by atoms with Crippen LogP contribution in [0.3, 0.4) is 0 Å². The van der Waals surface area contributed by atoms with Gasteiger partial charge in [-0.2, -0.15) is 0 Å². The van der Waals surface area contributed by atoms with Gasteiger partial charge < -0.3 is 15.0 Å². The van der Waals surface area contributed by atoms with E-state index in [9.17, 15) is 9.59 Å². The van der Waals surface area contributed by atoms with Gasteiger partial charge in [0.15, 0.2) is 0 Å². The van der Waals surface area contributed by atoms with Crippen LogP contribution in [0.1, 0.15) is 43.3 Å². The van der Waals surface area contributed by atoms with Crippen LogP contribution >= 0.6 is 11.3 Å². The molecule has 0 spiro atoms. The van der Waals surface area contributed by atoms with E-state index in [2.05, 4.69) is 5.32 Å². The number of ether oxygens (including phenoxy) is 1. The smallest absolute Gasteiger partial charge is 0.266 e. The van der Waals surface area contributed by atoms with Crippen LogP contribution in [0, 0.1) is 0 Å². The quantitative estimate of drug-likeness (QED) is 0.901. The highest BCUT2D eigenvalue weighted by molar-refractivity contribution is 7.14. The zero-order valence-corrected chi connectivity index (χ0v) is 15.4. The molecule has 2 aliphatic rings. The predicted molar refractivity (Wildman–Crippen MR) is 102 cm³/mol. The number of morpholine rings is 1. The van der Waals surface area contributed by atoms with Gasteiger partial charge in [-0.15, -0.1) is 11.3 Å². The van der Waals surface area contributed by atoms with Crippen LogP contribution in [0.25, 0.3) is 0 Å². The summed E-state index contributed by atoms with van der Waals surface area (Å²) >= 11 is 1.49. The Kier molecular flexibility index (Phi) is 5.04. The summed E-state index contributed by atoms with van der Waals surface area (Å²) < 4.78 is 5.37. The van der Waals surface area contributed by atoms with Gasteiger partial charge in [0.1, 0.15) is 4.88 Å². The molecule has 2 aromatic rings. The number of para-hydroxylation sites is 1. The van der Waals surface area contributed by atoms with Crippen LogP contribution in [-0.2, 0) is 17.6 Å². The minimum atomic E-state index is -0.188. The molecule has 1 saturated heterocycles. The van der Waals surface area contributed by atoms with Crippen molar-refractivity contribution in [1.82, 2.24) is 4.90 Å². The molecule has 2 heterocycles. The molecular formula is C20H22N2O3S. The topological polar surface area (TPSA) is 58.6 Å². The van der Waals surface area contributed by atoms with Gasteiger partial charge in [0.05, 0.1) is 18.8 Å². The Morgan fingerprint density at radius 1 is 1.04 bits per heavy atom. The zero-order chi connectivity index (χ0) is 17.9. The number of nitrogens with one attached hydrogen (secondary N) is 1. The lowest BCUT2D eigenvalue weighted by Gasteiger charge is -2.27. The first-order valence-electron chi connectivity index (χ1n) is 9.12. The maximum absolute atomic E-state index is 13.2. The highest BCUT2D eigenvalue weighted by Crippen LogP contribution is 2.36. The minimum absolute atomic E-state index is 0.0223. The van der Waals surface area contributed by atoms with Gasteiger partial charge >= 0.3 is 0 Å². The molecule has 1 aliphatic heterocycles. The van der Waals surface area contributed by atoms with E-state index in [1.807, 2.05) is 35.2 Å². The Hall–Kier alpha value is -2.18. The highest BCUT2D eigenvalue weighted by atomic mass is 32.1. The van der Waals surface area contributed by atoms with Gasteiger partial charge in [-0.05, 0) is 43.4 Å². The van der Waals surface area contributed by atoms with Crippen molar-refractivity contribution >= 4 is 28.8 Å². The van der Waals surface area contributed by atoms with Crippen LogP contribution in [0.2, 0.25) is 0 Å². The number of hydrogen-bond acceptors (Lipinski definition) is 4. The molecule has 1 aromatic carbocycles. The van der Waals surface area contributed by atoms with Crippen molar-refractivity contribution < 1.29 is 14.3 Å². The number of carbonyl (C=O) groups is 2. The summed E-state index contributed by atoms with van der Waals surface area (Å²) in [5.74, 6) is -0.210. The van der Waals surface area contributed by atoms with E-state index in [4.69, 9.17) is 4.74 Å². The molecule has 1 N–H and O–H groups in total. The first-order chi connectivity index (χ1) is 12.7. The number of amides is 2. The standard InChI is InChI=1S/C20H22N2O3S/c23-19(21-14-6-2-1-3-7-14)18-17(15-8-4-5-9-16(15)26-18)20(24)22-10-12-25-13-11-22/h1-3,6-7H,4-5,8-13H2,(H,21,23). The minimum Gasteiger partial charge on any atom is -0.378 e. The molecule has 2 amide bonds. The van der Waals surface area contributed by atoms with E-state index in [1.54, 1.807) is 0 Å². The van der Waals surface area contributed by atoms with Crippen molar-refractivity contribution in [2.75, 3.05) is 31.6 Å². The molecule has 26 heavy (non-hydrogen) atoms. The molecule has 136 valence electrons. The van der Waals surface area contributed by atoms with Crippen LogP contribution < -0.4 is 5.32 Å². The fraction of sp³-hybridized carbons (Fsp3) is 0.400. The molecule has 0 bridgehead atoms. The van der Waals surface area contributed by atoms with Crippen molar-refractivity contribution in [2.24, 2.45) is 0 Å². The van der Waals surface area contributed by atoms with E-state index in [0.29, 0.717) is 36.7 Å². The summed E-state index contributed by atoms with van der Waals surface area (Å²) in [4.78, 5) is 29.7. The van der Waals surface area contributed by atoms with Crippen LogP contribution in [-0.4, -0.2) is 43.0 Å². The van der Waals surface area contributed by atoms with Gasteiger partial charge in [0.25, 0.3) is 11.8 Å². The number of nitrogens with zero attached hydrogens (tertiary/aromatic N) is 1. The second-order valence-electron chi connectivity index (χ2n) is 6.64. The largest absolute Gasteiger partial charge is 0.378 e. The maximum atomic E-state index is 13.2. The van der Waals surface area contributed by atoms with Gasteiger partial charge in [-0.25, -0.2) is 0 Å². The van der Waals surface area contributed by atoms with Crippen LogP contribution in [0.5, 0.6) is 0 Å². The first-order valence-corrected chi connectivity index (χ1v) is 9.93. The fourth-order valence-electron chi connectivity index (χ4n) is 3.59. The first kappa shape index (κ1) is 17.2. The number of aryl methyl sites for hydroxylation is 1. The molecule has 0 saturated carbocycles. The lowest BCUT2D eigenvalue weighted by atomic mass is 9.94. The van der Waals surface area contributed by atoms with Crippen molar-refractivity contribution in [3.8, 4) is 0 Å². The van der Waals surface area contributed by atoms with E-state index in [1.165, 1.54) is 16.2 Å². The molecule has 1 fully saturated rings. The Morgan fingerprint density at radius 3 is 2.54 bits per heavy atom. The Morgan fingerprint density at radius 2 is 1.77 bits per heavy atom. The summed E-state index contributed by atoms with van der Waals surface area (Å²) in [5.41, 5.74) is 2.46. The number of carbonyl (C=O) groups excluding carboxylic acids is 2. The van der Waals surface area contributed by atoms with Gasteiger partial charge in [0, 0.05) is 23.7 Å². The van der Waals surface area contributed by atoms with E-state index in [-0.39, 0.29) is 11.8 Å². The normalized spacial score (nSPS) is 16.8. The third kappa shape index (κ3) is 3.39. The zero-order valence-electron chi connectivity index (χ0n) is 14.6. The molecule has 0 unspecified atom stereocenters. The van der Waals surface area contributed by atoms with Crippen LogP contribution in [0.15, 0.2) is 30.3 Å². The second-order valence-corrected chi connectivity index (χ2v) is 7.74. The molecule has 0 atom stereocenters. The molecule has 5 nitrogen and oxygen atoms in total. The SMILES string of the molecule is O=C(Nc1ccccc1)c1sc2c(c1C(=O)N1CCOCC1)CCCC2. The Labute approximate surface area is 157 Å². The van der Waals surface area contributed by atoms with Crippen molar-refractivity contribution in [3.05, 3.63) is 51.2 Å². The Balaban J connectivity index is 1.68. The number of benzene rings is 1. The Bertz CT molecular complexity index is 810. The lowest BCUT2D eigenvalue weighted by Crippen LogP contribution is -2.41. The lowest BCUT2D eigenvalue weighted by molar-refractivity contribution is 0.0301. The fourth-order valence-corrected chi connectivity index (χ4v) is 4.86. The molecule has 1 aliphatic carbocycles. The number of thiophene rings is 1. The average molecular weight is 370 g/mol. The predicted octanol–water partition coefficient (Wildman–Crippen LogP) is 3.35. The third-order valence-corrected chi connectivity index (χ3v) is 6.21. The average Bonchev–Trinajstić information content (AvgIpc) is 3.08. The molecule has 1 aromatic heterocycles. The monoisotopic (exact) mass is 370 g/mol. The molecule has 4 rings (SSSR count). The van der Waals surface area contributed by atoms with Crippen LogP contribution in [0.4, 0.5) is 5.69 Å². The summed E-state index contributed by atoms with van der Waals surface area (Å²) in [6, 6.07) is 9.39. The number of fused-ring (bicyclic) bond motifs is 1. The number of hydrogen-bond donors (Lipinski definition) is 1. The van der Waals surface area contributed by atoms with Crippen molar-refractivity contribution in [1.29, 1.82) is 0 Å². The van der Waals surface area contributed by atoms with Gasteiger partial charge in [-0.3, -0.25) is 9.59 Å². The van der Waals surface area contributed by atoms with E-state index >= 15 is 0 Å². The molecule has 6 heteroatoms. The highest BCUT2D eigenvalue weighted by Gasteiger charge is 2.31. The van der Waals surface area contributed by atoms with Gasteiger partial charge in [-0.1, -0.05) is 18.2 Å². The molecule has 0 radical (unpaired) electrons. The second kappa shape index (κ2) is 7.60. The molecular weight excluding hydrogens is 348 g/mol. The van der Waals surface area contributed by atoms with Gasteiger partial charge in [0.2, 0.25) is 0 Å². The number of anilines is 1. The maximum Gasteiger partial charge on any atom is 0.266 e. The van der Waals surface area contributed by atoms with Crippen molar-refractivity contribution in [2.45, 2.75) is 25.7 Å². The summed E-state index contributed by atoms with van der Waals surface area (Å²) in [6.45, 7) is 2.29. The summed E-state index contributed by atoms with van der Waals surface area (Å²) in [7, 11) is 0. The van der Waals surface area contributed by atoms with E-state index in [0.717, 1.165) is 36.9 Å². The summed E-state index contributed by atoms with van der Waals surface area (Å²) in [5, 5.41) is 2.94. The third-order valence-electron chi connectivity index (χ3n) is 4.92.